The molecule has 1 aromatic carbocycles. The van der Waals surface area contributed by atoms with E-state index in [1.54, 1.807) is 0 Å². The van der Waals surface area contributed by atoms with Gasteiger partial charge in [-0.15, -0.1) is 0 Å². The average Bonchev–Trinajstić information content (AvgIpc) is 2.91. The van der Waals surface area contributed by atoms with E-state index in [0.717, 1.165) is 51.1 Å². The van der Waals surface area contributed by atoms with Crippen LogP contribution in [0.25, 0.3) is 0 Å². The number of hydrogen-bond acceptors (Lipinski definition) is 4. The Morgan fingerprint density at radius 2 is 2.03 bits per heavy atom. The summed E-state index contributed by atoms with van der Waals surface area (Å²) in [7, 11) is 0. The van der Waals surface area contributed by atoms with Crippen LogP contribution in [0.2, 0.25) is 0 Å². The average molecular weight is 424 g/mol. The second-order valence-corrected chi connectivity index (χ2v) is 8.95. The number of nitrogens with zero attached hydrogens (tertiary/aromatic N) is 1. The number of ketones is 1. The third kappa shape index (κ3) is 5.09. The highest BCUT2D eigenvalue weighted by molar-refractivity contribution is 5.94. The largest absolute Gasteiger partial charge is 0.494 e. The molecule has 0 amide bonds. The molecule has 0 saturated carbocycles. The third-order valence-electron chi connectivity index (χ3n) is 6.96. The van der Waals surface area contributed by atoms with Gasteiger partial charge in [-0.05, 0) is 105 Å². The van der Waals surface area contributed by atoms with Crippen molar-refractivity contribution >= 4 is 11.8 Å². The van der Waals surface area contributed by atoms with E-state index in [0.29, 0.717) is 31.3 Å². The number of aliphatic carboxylic acids is 1. The molecule has 1 unspecified atom stereocenters. The summed E-state index contributed by atoms with van der Waals surface area (Å²) >= 11 is 0. The van der Waals surface area contributed by atoms with Crippen LogP contribution in [0.5, 0.6) is 5.75 Å². The maximum Gasteiger partial charge on any atom is 0.303 e. The van der Waals surface area contributed by atoms with Gasteiger partial charge in [0, 0.05) is 18.8 Å². The summed E-state index contributed by atoms with van der Waals surface area (Å²) in [4.78, 5) is 25.3. The second-order valence-electron chi connectivity index (χ2n) is 8.95. The topological polar surface area (TPSA) is 66.8 Å². The maximum absolute atomic E-state index is 12.1. The molecule has 1 atom stereocenters. The minimum absolute atomic E-state index is 0.215. The smallest absolute Gasteiger partial charge is 0.303 e. The molecule has 3 aliphatic rings. The number of piperidine rings is 1. The van der Waals surface area contributed by atoms with Crippen LogP contribution in [0.15, 0.2) is 41.5 Å². The van der Waals surface area contributed by atoms with Crippen molar-refractivity contribution in [2.75, 3.05) is 26.2 Å². The number of allylic oxidation sites excluding steroid dienone is 4. The molecule has 4 rings (SSSR count). The highest BCUT2D eigenvalue weighted by Crippen LogP contribution is 2.47. The molecular weight excluding hydrogens is 390 g/mol. The molecule has 1 aliphatic heterocycles. The summed E-state index contributed by atoms with van der Waals surface area (Å²) in [6.07, 6.45) is 9.59. The summed E-state index contributed by atoms with van der Waals surface area (Å²) < 4.78 is 5.77. The van der Waals surface area contributed by atoms with Crippen molar-refractivity contribution in [3.8, 4) is 5.75 Å². The van der Waals surface area contributed by atoms with Gasteiger partial charge in [0.05, 0.1) is 6.61 Å². The van der Waals surface area contributed by atoms with E-state index in [1.165, 1.54) is 22.3 Å². The molecule has 0 bridgehead atoms. The highest BCUT2D eigenvalue weighted by atomic mass is 16.5. The van der Waals surface area contributed by atoms with Gasteiger partial charge in [-0.3, -0.25) is 9.59 Å². The molecule has 166 valence electrons. The van der Waals surface area contributed by atoms with Gasteiger partial charge in [0.1, 0.15) is 5.75 Å². The Morgan fingerprint density at radius 1 is 1.23 bits per heavy atom. The summed E-state index contributed by atoms with van der Waals surface area (Å²) in [5.41, 5.74) is 5.34. The number of aryl methyl sites for hydroxylation is 1. The van der Waals surface area contributed by atoms with E-state index in [2.05, 4.69) is 29.2 Å². The van der Waals surface area contributed by atoms with Crippen molar-refractivity contribution in [2.45, 2.75) is 57.8 Å². The van der Waals surface area contributed by atoms with Gasteiger partial charge >= 0.3 is 5.97 Å². The van der Waals surface area contributed by atoms with E-state index in [-0.39, 0.29) is 12.2 Å². The van der Waals surface area contributed by atoms with Crippen molar-refractivity contribution in [2.24, 2.45) is 5.92 Å². The van der Waals surface area contributed by atoms with E-state index < -0.39 is 5.97 Å². The zero-order chi connectivity index (χ0) is 21.8. The van der Waals surface area contributed by atoms with Crippen LogP contribution in [-0.4, -0.2) is 48.0 Å². The number of benzene rings is 1. The molecule has 5 nitrogen and oxygen atoms in total. The number of hydrogen-bond donors (Lipinski definition) is 1. The molecule has 0 radical (unpaired) electrons. The monoisotopic (exact) mass is 423 g/mol. The van der Waals surface area contributed by atoms with Crippen molar-refractivity contribution < 1.29 is 19.4 Å². The minimum Gasteiger partial charge on any atom is -0.494 e. The fourth-order valence-corrected chi connectivity index (χ4v) is 5.49. The van der Waals surface area contributed by atoms with Crippen LogP contribution < -0.4 is 4.74 Å². The number of carbonyl (C=O) groups excluding carboxylic acids is 1. The molecule has 1 saturated heterocycles. The number of ether oxygens (including phenoxy) is 1. The summed E-state index contributed by atoms with van der Waals surface area (Å²) in [5, 5.41) is 8.89. The van der Waals surface area contributed by atoms with Gasteiger partial charge in [0.15, 0.2) is 5.78 Å². The normalized spacial score (nSPS) is 22.1. The number of carbonyl (C=O) groups is 2. The number of likely N-dealkylation sites (tertiary alicyclic amines) is 1. The van der Waals surface area contributed by atoms with E-state index >= 15 is 0 Å². The fraction of sp³-hybridized carbons (Fsp3) is 0.538. The first kappa shape index (κ1) is 21.8. The van der Waals surface area contributed by atoms with Crippen molar-refractivity contribution in [1.82, 2.24) is 4.90 Å². The van der Waals surface area contributed by atoms with Gasteiger partial charge in [0.25, 0.3) is 0 Å². The van der Waals surface area contributed by atoms with Crippen LogP contribution in [0.3, 0.4) is 0 Å². The van der Waals surface area contributed by atoms with E-state index in [9.17, 15) is 9.59 Å². The van der Waals surface area contributed by atoms with Crippen LogP contribution in [-0.2, 0) is 16.0 Å². The first-order valence-corrected chi connectivity index (χ1v) is 11.7. The number of fused-ring (bicyclic) bond motifs is 2. The Bertz CT molecular complexity index is 893. The number of rotatable bonds is 7. The highest BCUT2D eigenvalue weighted by Gasteiger charge is 2.35. The van der Waals surface area contributed by atoms with Crippen LogP contribution in [0, 0.1) is 5.92 Å². The number of carboxylic acids is 1. The predicted molar refractivity (Wildman–Crippen MR) is 120 cm³/mol. The van der Waals surface area contributed by atoms with Gasteiger partial charge in [-0.1, -0.05) is 12.1 Å². The van der Waals surface area contributed by atoms with E-state index in [1.807, 2.05) is 13.0 Å². The second kappa shape index (κ2) is 9.82. The Balaban J connectivity index is 1.56. The molecule has 0 aromatic heterocycles. The van der Waals surface area contributed by atoms with Crippen LogP contribution in [0.1, 0.15) is 62.5 Å². The molecule has 2 aliphatic carbocycles. The lowest BCUT2D eigenvalue weighted by molar-refractivity contribution is -0.137. The SMILES string of the molecule is CCOc1ccc2c(c1)CCC1=CC(=O)CC=C1C2C1CCN(CCCC(=O)O)CC1. The molecule has 0 spiro atoms. The van der Waals surface area contributed by atoms with Gasteiger partial charge in [0.2, 0.25) is 0 Å². The van der Waals surface area contributed by atoms with Gasteiger partial charge < -0.3 is 14.7 Å². The molecule has 1 aromatic rings. The zero-order valence-corrected chi connectivity index (χ0v) is 18.4. The van der Waals surface area contributed by atoms with Crippen LogP contribution >= 0.6 is 0 Å². The molecular formula is C26H33NO4. The van der Waals surface area contributed by atoms with Crippen LogP contribution in [0.4, 0.5) is 0 Å². The predicted octanol–water partition coefficient (Wildman–Crippen LogP) is 4.52. The maximum atomic E-state index is 12.1. The Kier molecular flexibility index (Phi) is 6.91. The van der Waals surface area contributed by atoms with E-state index in [4.69, 9.17) is 9.84 Å². The fourth-order valence-electron chi connectivity index (χ4n) is 5.49. The lowest BCUT2D eigenvalue weighted by Gasteiger charge is -2.38. The summed E-state index contributed by atoms with van der Waals surface area (Å²) in [5.74, 6) is 1.29. The van der Waals surface area contributed by atoms with Crippen molar-refractivity contribution in [3.63, 3.8) is 0 Å². The third-order valence-corrected chi connectivity index (χ3v) is 6.96. The number of carboxylic acid groups (broad SMARTS) is 1. The molecule has 1 fully saturated rings. The van der Waals surface area contributed by atoms with Gasteiger partial charge in [-0.2, -0.15) is 0 Å². The minimum atomic E-state index is -0.713. The first-order valence-electron chi connectivity index (χ1n) is 11.7. The Morgan fingerprint density at radius 3 is 2.77 bits per heavy atom. The van der Waals surface area contributed by atoms with Crippen molar-refractivity contribution in [1.29, 1.82) is 0 Å². The zero-order valence-electron chi connectivity index (χ0n) is 18.4. The summed E-state index contributed by atoms with van der Waals surface area (Å²) in [6, 6.07) is 6.55. The van der Waals surface area contributed by atoms with Gasteiger partial charge in [-0.25, -0.2) is 0 Å². The first-order chi connectivity index (χ1) is 15.0. The lowest BCUT2D eigenvalue weighted by Crippen LogP contribution is -2.37. The Labute approximate surface area is 184 Å². The molecule has 5 heteroatoms. The molecule has 1 N–H and O–H groups in total. The summed E-state index contributed by atoms with van der Waals surface area (Å²) in [6.45, 7) is 5.55. The quantitative estimate of drug-likeness (QED) is 0.699. The lowest BCUT2D eigenvalue weighted by atomic mass is 9.72. The van der Waals surface area contributed by atoms with Crippen molar-refractivity contribution in [3.05, 3.63) is 52.6 Å². The molecule has 1 heterocycles. The standard InChI is InChI=1S/C26H33NO4/c1-2-31-22-8-10-24-20(17-22)6-5-19-16-21(28)7-9-23(19)26(24)18-11-14-27(15-12-18)13-3-4-25(29)30/h8-10,16-18,26H,2-7,11-15H2,1H3,(H,29,30). The molecule has 31 heavy (non-hydrogen) atoms. The Hall–Kier alpha value is -2.40.